The van der Waals surface area contributed by atoms with E-state index in [9.17, 15) is 0 Å². The predicted octanol–water partition coefficient (Wildman–Crippen LogP) is 7.08. The molecule has 2 aromatic carbocycles. The van der Waals surface area contributed by atoms with E-state index in [0.717, 1.165) is 12.3 Å². The van der Waals surface area contributed by atoms with Crippen molar-refractivity contribution in [1.29, 1.82) is 0 Å². The van der Waals surface area contributed by atoms with Crippen molar-refractivity contribution in [2.45, 2.75) is 60.3 Å². The highest BCUT2D eigenvalue weighted by atomic mass is 14.3. The topological polar surface area (TPSA) is 0 Å². The van der Waals surface area contributed by atoms with Crippen molar-refractivity contribution in [2.75, 3.05) is 0 Å². The van der Waals surface area contributed by atoms with E-state index in [-0.39, 0.29) is 0 Å². The Kier molecular flexibility index (Phi) is 4.67. The van der Waals surface area contributed by atoms with E-state index in [2.05, 4.69) is 78.0 Å². The summed E-state index contributed by atoms with van der Waals surface area (Å²) in [5, 5.41) is 0. The molecule has 24 heavy (non-hydrogen) atoms. The Morgan fingerprint density at radius 1 is 0.917 bits per heavy atom. The summed E-state index contributed by atoms with van der Waals surface area (Å²) in [5.41, 5.74) is 11.6. The fourth-order valence-electron chi connectivity index (χ4n) is 4.08. The molecule has 0 heterocycles. The highest BCUT2D eigenvalue weighted by molar-refractivity contribution is 5.84. The van der Waals surface area contributed by atoms with Crippen LogP contribution < -0.4 is 0 Å². The Hall–Kier alpha value is -1.82. The molecule has 0 saturated heterocycles. The first-order chi connectivity index (χ1) is 11.3. The summed E-state index contributed by atoms with van der Waals surface area (Å²) >= 11 is 0. The Bertz CT molecular complexity index is 768. The van der Waals surface area contributed by atoms with Gasteiger partial charge < -0.3 is 0 Å². The van der Waals surface area contributed by atoms with Crippen molar-refractivity contribution >= 4 is 6.08 Å². The minimum Gasteiger partial charge on any atom is -0.0649 e. The van der Waals surface area contributed by atoms with Crippen molar-refractivity contribution in [3.05, 3.63) is 63.7 Å². The predicted molar refractivity (Wildman–Crippen MR) is 107 cm³/mol. The van der Waals surface area contributed by atoms with E-state index in [1.807, 2.05) is 0 Å². The van der Waals surface area contributed by atoms with Crippen LogP contribution in [-0.4, -0.2) is 0 Å². The monoisotopic (exact) mass is 318 g/mol. The molecule has 0 spiro atoms. The zero-order valence-electron chi connectivity index (χ0n) is 16.0. The first-order valence-electron chi connectivity index (χ1n) is 9.29. The third-order valence-electron chi connectivity index (χ3n) is 4.94. The maximum absolute atomic E-state index is 2.48. The Morgan fingerprint density at radius 3 is 2.17 bits per heavy atom. The molecule has 0 N–H and O–H groups in total. The van der Waals surface area contributed by atoms with Gasteiger partial charge in [-0.3, -0.25) is 0 Å². The molecular weight excluding hydrogens is 288 g/mol. The maximum atomic E-state index is 2.48. The van der Waals surface area contributed by atoms with Crippen LogP contribution in [0.2, 0.25) is 0 Å². The minimum absolute atomic E-state index is 0.536. The lowest BCUT2D eigenvalue weighted by molar-refractivity contribution is 0.638. The van der Waals surface area contributed by atoms with E-state index in [1.165, 1.54) is 45.4 Å². The quantitative estimate of drug-likeness (QED) is 0.565. The molecule has 2 aromatic rings. The van der Waals surface area contributed by atoms with Gasteiger partial charge in [0.25, 0.3) is 0 Å². The molecule has 0 nitrogen and oxygen atoms in total. The largest absolute Gasteiger partial charge is 0.0649 e. The summed E-state index contributed by atoms with van der Waals surface area (Å²) in [6, 6.07) is 11.7. The molecule has 0 aromatic heterocycles. The van der Waals surface area contributed by atoms with Gasteiger partial charge in [-0.2, -0.15) is 0 Å². The van der Waals surface area contributed by atoms with Gasteiger partial charge >= 0.3 is 0 Å². The second-order valence-electron chi connectivity index (χ2n) is 8.21. The van der Waals surface area contributed by atoms with Crippen LogP contribution in [0.5, 0.6) is 0 Å². The maximum Gasteiger partial charge on any atom is -0.00575 e. The van der Waals surface area contributed by atoms with Gasteiger partial charge in [0, 0.05) is 0 Å². The number of rotatable bonds is 4. The zero-order chi connectivity index (χ0) is 17.4. The van der Waals surface area contributed by atoms with Gasteiger partial charge in [0.2, 0.25) is 0 Å². The zero-order valence-corrected chi connectivity index (χ0v) is 16.0. The molecule has 0 fully saturated rings. The minimum atomic E-state index is 0.536. The molecule has 0 saturated carbocycles. The summed E-state index contributed by atoms with van der Waals surface area (Å²) in [7, 11) is 0. The van der Waals surface area contributed by atoms with Crippen molar-refractivity contribution in [2.24, 2.45) is 5.92 Å². The highest BCUT2D eigenvalue weighted by Crippen LogP contribution is 2.40. The van der Waals surface area contributed by atoms with Crippen LogP contribution >= 0.6 is 0 Å². The van der Waals surface area contributed by atoms with Gasteiger partial charge in [0.15, 0.2) is 0 Å². The van der Waals surface area contributed by atoms with Gasteiger partial charge in [-0.1, -0.05) is 80.8 Å². The van der Waals surface area contributed by atoms with Gasteiger partial charge in [-0.25, -0.2) is 0 Å². The van der Waals surface area contributed by atoms with E-state index < -0.39 is 0 Å². The molecule has 0 heteroatoms. The molecule has 0 atom stereocenters. The Morgan fingerprint density at radius 2 is 1.58 bits per heavy atom. The van der Waals surface area contributed by atoms with Crippen molar-refractivity contribution in [3.63, 3.8) is 0 Å². The van der Waals surface area contributed by atoms with Crippen LogP contribution in [0.15, 0.2) is 35.9 Å². The molecule has 0 unspecified atom stereocenters. The van der Waals surface area contributed by atoms with Crippen LogP contribution in [0.3, 0.4) is 0 Å². The summed E-state index contributed by atoms with van der Waals surface area (Å²) in [5.74, 6) is 1.26. The first-order valence-corrected chi connectivity index (χ1v) is 9.29. The molecule has 126 valence electrons. The summed E-state index contributed by atoms with van der Waals surface area (Å²) in [6.45, 7) is 13.6. The lowest BCUT2D eigenvalue weighted by Gasteiger charge is -2.18. The SMILES string of the molecule is Cc1cc(C)cc(-c2c(C(C)C)ccc3c2C=C(CC(C)C)C3)c1. The lowest BCUT2D eigenvalue weighted by Crippen LogP contribution is -1.98. The molecule has 1 aliphatic rings. The van der Waals surface area contributed by atoms with E-state index >= 15 is 0 Å². The standard InChI is InChI=1S/C24H30/c1-15(2)9-19-13-20-7-8-22(16(3)4)24(23(20)14-19)21-11-17(5)10-18(6)12-21/h7-8,10-12,14-16H,9,13H2,1-6H3. The van der Waals surface area contributed by atoms with Crippen LogP contribution in [0.1, 0.15) is 67.9 Å². The van der Waals surface area contributed by atoms with Crippen LogP contribution in [0.4, 0.5) is 0 Å². The smallest absolute Gasteiger partial charge is 0.00575 e. The second kappa shape index (κ2) is 6.59. The molecule has 3 rings (SSSR count). The summed E-state index contributed by atoms with van der Waals surface area (Å²) in [4.78, 5) is 0. The number of allylic oxidation sites excluding steroid dienone is 1. The molecule has 0 amide bonds. The van der Waals surface area contributed by atoms with E-state index in [1.54, 1.807) is 5.57 Å². The second-order valence-corrected chi connectivity index (χ2v) is 8.21. The van der Waals surface area contributed by atoms with Gasteiger partial charge in [0.1, 0.15) is 0 Å². The Labute approximate surface area is 147 Å². The Balaban J connectivity index is 2.20. The van der Waals surface area contributed by atoms with Crippen LogP contribution in [0.25, 0.3) is 17.2 Å². The van der Waals surface area contributed by atoms with Gasteiger partial charge in [0.05, 0.1) is 0 Å². The third-order valence-corrected chi connectivity index (χ3v) is 4.94. The van der Waals surface area contributed by atoms with E-state index in [4.69, 9.17) is 0 Å². The number of benzene rings is 2. The third kappa shape index (κ3) is 3.34. The van der Waals surface area contributed by atoms with E-state index in [0.29, 0.717) is 5.92 Å². The highest BCUT2D eigenvalue weighted by Gasteiger charge is 2.21. The number of fused-ring (bicyclic) bond motifs is 1. The van der Waals surface area contributed by atoms with Crippen molar-refractivity contribution in [1.82, 2.24) is 0 Å². The van der Waals surface area contributed by atoms with Crippen molar-refractivity contribution < 1.29 is 0 Å². The van der Waals surface area contributed by atoms with Gasteiger partial charge in [-0.15, -0.1) is 0 Å². The van der Waals surface area contributed by atoms with Gasteiger partial charge in [-0.05, 0) is 66.3 Å². The molecular formula is C24H30. The van der Waals surface area contributed by atoms with Crippen molar-refractivity contribution in [3.8, 4) is 11.1 Å². The molecule has 0 radical (unpaired) electrons. The fraction of sp³-hybridized carbons (Fsp3) is 0.417. The average Bonchev–Trinajstić information content (AvgIpc) is 2.85. The normalized spacial score (nSPS) is 13.6. The average molecular weight is 319 g/mol. The summed E-state index contributed by atoms with van der Waals surface area (Å²) < 4.78 is 0. The molecule has 0 bridgehead atoms. The first kappa shape index (κ1) is 17.0. The van der Waals surface area contributed by atoms with Crippen LogP contribution in [0, 0.1) is 19.8 Å². The fourth-order valence-corrected chi connectivity index (χ4v) is 4.08. The lowest BCUT2D eigenvalue weighted by atomic mass is 9.86. The number of hydrogen-bond donors (Lipinski definition) is 0. The number of aryl methyl sites for hydroxylation is 2. The molecule has 0 aliphatic heterocycles. The number of hydrogen-bond acceptors (Lipinski definition) is 0. The summed E-state index contributed by atoms with van der Waals surface area (Å²) in [6.07, 6.45) is 4.82. The van der Waals surface area contributed by atoms with Crippen LogP contribution in [-0.2, 0) is 6.42 Å². The molecule has 1 aliphatic carbocycles.